The molecule has 0 saturated carbocycles. The van der Waals surface area contributed by atoms with Crippen molar-refractivity contribution in [1.29, 1.82) is 0 Å². The van der Waals surface area contributed by atoms with Crippen molar-refractivity contribution in [2.45, 2.75) is 19.3 Å². The maximum absolute atomic E-state index is 12.0. The van der Waals surface area contributed by atoms with Crippen LogP contribution >= 0.6 is 11.3 Å². The van der Waals surface area contributed by atoms with Gasteiger partial charge in [-0.2, -0.15) is 0 Å². The number of anilines is 1. The molecule has 7 nitrogen and oxygen atoms in total. The second kappa shape index (κ2) is 6.79. The second-order valence-electron chi connectivity index (χ2n) is 5.34. The number of nitrogens with one attached hydrogen (secondary N) is 1. The third-order valence-corrected chi connectivity index (χ3v) is 4.86. The third-order valence-electron chi connectivity index (χ3n) is 3.64. The maximum Gasteiger partial charge on any atom is 0.348 e. The first-order valence-electron chi connectivity index (χ1n) is 7.36. The molecule has 3 rings (SSSR count). The molecule has 1 aliphatic carbocycles. The van der Waals surface area contributed by atoms with E-state index in [1.165, 1.54) is 46.0 Å². The number of amides is 1. The van der Waals surface area contributed by atoms with E-state index < -0.39 is 23.4 Å². The number of non-ortho nitro benzene ring substituents is 1. The Labute approximate surface area is 141 Å². The van der Waals surface area contributed by atoms with Crippen LogP contribution in [0.1, 0.15) is 26.5 Å². The molecular weight excluding hydrogens is 332 g/mol. The number of aryl methyl sites for hydroxylation is 2. The molecule has 1 aromatic carbocycles. The van der Waals surface area contributed by atoms with Crippen LogP contribution in [0.5, 0.6) is 0 Å². The minimum Gasteiger partial charge on any atom is -0.451 e. The van der Waals surface area contributed by atoms with Crippen LogP contribution in [-0.4, -0.2) is 23.4 Å². The van der Waals surface area contributed by atoms with Gasteiger partial charge in [-0.1, -0.05) is 0 Å². The Morgan fingerprint density at radius 2 is 2.00 bits per heavy atom. The monoisotopic (exact) mass is 346 g/mol. The number of carbonyl (C=O) groups is 2. The van der Waals surface area contributed by atoms with Gasteiger partial charge in [0.05, 0.1) is 4.92 Å². The van der Waals surface area contributed by atoms with E-state index in [0.29, 0.717) is 10.6 Å². The Hall–Kier alpha value is -2.74. The predicted octanol–water partition coefficient (Wildman–Crippen LogP) is 2.94. The number of nitro groups is 1. The number of benzene rings is 1. The number of hydrogen-bond acceptors (Lipinski definition) is 6. The molecular formula is C16H14N2O5S. The summed E-state index contributed by atoms with van der Waals surface area (Å²) in [6, 6.07) is 7.25. The second-order valence-corrected chi connectivity index (χ2v) is 6.48. The van der Waals surface area contributed by atoms with E-state index in [-0.39, 0.29) is 5.69 Å². The van der Waals surface area contributed by atoms with E-state index in [1.54, 1.807) is 0 Å². The molecule has 0 spiro atoms. The molecule has 2 aromatic rings. The SMILES string of the molecule is O=C(COC(=O)c1cc2c(s1)CCC2)Nc1ccc([N+](=O)[O-])cc1. The Bertz CT molecular complexity index is 776. The Morgan fingerprint density at radius 3 is 2.67 bits per heavy atom. The molecule has 0 bridgehead atoms. The van der Waals surface area contributed by atoms with Crippen LogP contribution in [0.4, 0.5) is 11.4 Å². The van der Waals surface area contributed by atoms with E-state index >= 15 is 0 Å². The smallest absolute Gasteiger partial charge is 0.348 e. The van der Waals surface area contributed by atoms with Crippen LogP contribution in [-0.2, 0) is 22.4 Å². The van der Waals surface area contributed by atoms with Crippen molar-refractivity contribution in [2.75, 3.05) is 11.9 Å². The first kappa shape index (κ1) is 16.1. The summed E-state index contributed by atoms with van der Waals surface area (Å²) in [6.45, 7) is -0.404. The molecule has 8 heteroatoms. The zero-order chi connectivity index (χ0) is 17.1. The average molecular weight is 346 g/mol. The van der Waals surface area contributed by atoms with Crippen LogP contribution in [0.3, 0.4) is 0 Å². The van der Waals surface area contributed by atoms with Gasteiger partial charge in [-0.25, -0.2) is 4.79 Å². The lowest BCUT2D eigenvalue weighted by atomic mass is 10.2. The van der Waals surface area contributed by atoms with Crippen molar-refractivity contribution >= 4 is 34.6 Å². The van der Waals surface area contributed by atoms with E-state index in [9.17, 15) is 19.7 Å². The van der Waals surface area contributed by atoms with Gasteiger partial charge < -0.3 is 10.1 Å². The van der Waals surface area contributed by atoms with Crippen molar-refractivity contribution in [2.24, 2.45) is 0 Å². The lowest BCUT2D eigenvalue weighted by Gasteiger charge is -2.05. The normalized spacial score (nSPS) is 12.5. The van der Waals surface area contributed by atoms with Crippen molar-refractivity contribution in [1.82, 2.24) is 0 Å². The molecule has 0 atom stereocenters. The van der Waals surface area contributed by atoms with Gasteiger partial charge in [-0.15, -0.1) is 11.3 Å². The molecule has 0 saturated heterocycles. The minimum absolute atomic E-state index is 0.0647. The number of esters is 1. The summed E-state index contributed by atoms with van der Waals surface area (Å²) in [5.41, 5.74) is 1.53. The number of nitrogens with zero attached hydrogens (tertiary/aromatic N) is 1. The maximum atomic E-state index is 12.0. The van der Waals surface area contributed by atoms with Crippen molar-refractivity contribution in [3.8, 4) is 0 Å². The van der Waals surface area contributed by atoms with E-state index in [1.807, 2.05) is 6.07 Å². The fourth-order valence-electron chi connectivity index (χ4n) is 2.50. The summed E-state index contributed by atoms with van der Waals surface area (Å²) in [6.07, 6.45) is 3.10. The standard InChI is InChI=1S/C16H14N2O5S/c19-15(17-11-4-6-12(7-5-11)18(21)22)9-23-16(20)14-8-10-2-1-3-13(10)24-14/h4-8H,1-3,9H2,(H,17,19). The summed E-state index contributed by atoms with van der Waals surface area (Å²) >= 11 is 1.42. The number of fused-ring (bicyclic) bond motifs is 1. The predicted molar refractivity (Wildman–Crippen MR) is 88.4 cm³/mol. The van der Waals surface area contributed by atoms with Gasteiger partial charge >= 0.3 is 5.97 Å². The molecule has 0 fully saturated rings. The van der Waals surface area contributed by atoms with Crippen LogP contribution in [0.2, 0.25) is 0 Å². The first-order chi connectivity index (χ1) is 11.5. The molecule has 1 N–H and O–H groups in total. The molecule has 1 aromatic heterocycles. The number of thiophene rings is 1. The zero-order valence-electron chi connectivity index (χ0n) is 12.6. The van der Waals surface area contributed by atoms with Gasteiger partial charge in [0.2, 0.25) is 0 Å². The minimum atomic E-state index is -0.522. The van der Waals surface area contributed by atoms with Crippen LogP contribution in [0.15, 0.2) is 30.3 Å². The Kier molecular flexibility index (Phi) is 4.57. The van der Waals surface area contributed by atoms with E-state index in [2.05, 4.69) is 5.32 Å². The largest absolute Gasteiger partial charge is 0.451 e. The molecule has 1 heterocycles. The zero-order valence-corrected chi connectivity index (χ0v) is 13.4. The van der Waals surface area contributed by atoms with Crippen molar-refractivity contribution in [3.63, 3.8) is 0 Å². The average Bonchev–Trinajstić information content (AvgIpc) is 3.14. The van der Waals surface area contributed by atoms with Gasteiger partial charge in [-0.05, 0) is 43.0 Å². The van der Waals surface area contributed by atoms with Gasteiger partial charge in [0.15, 0.2) is 6.61 Å². The molecule has 1 aliphatic rings. The lowest BCUT2D eigenvalue weighted by molar-refractivity contribution is -0.384. The molecule has 0 unspecified atom stereocenters. The fraction of sp³-hybridized carbons (Fsp3) is 0.250. The summed E-state index contributed by atoms with van der Waals surface area (Å²) in [7, 11) is 0. The fourth-order valence-corrected chi connectivity index (χ4v) is 3.64. The molecule has 24 heavy (non-hydrogen) atoms. The van der Waals surface area contributed by atoms with Crippen molar-refractivity contribution in [3.05, 3.63) is 55.8 Å². The number of ether oxygens (including phenoxy) is 1. The summed E-state index contributed by atoms with van der Waals surface area (Å²) in [5.74, 6) is -1.01. The summed E-state index contributed by atoms with van der Waals surface area (Å²) in [4.78, 5) is 35.5. The topological polar surface area (TPSA) is 98.5 Å². The highest BCUT2D eigenvalue weighted by Gasteiger charge is 2.20. The number of rotatable bonds is 5. The van der Waals surface area contributed by atoms with Gasteiger partial charge in [0.1, 0.15) is 4.88 Å². The van der Waals surface area contributed by atoms with Gasteiger partial charge in [0.25, 0.3) is 11.6 Å². The van der Waals surface area contributed by atoms with Gasteiger partial charge in [0, 0.05) is 22.7 Å². The lowest BCUT2D eigenvalue weighted by Crippen LogP contribution is -2.20. The molecule has 1 amide bonds. The quantitative estimate of drug-likeness (QED) is 0.510. The van der Waals surface area contributed by atoms with Gasteiger partial charge in [-0.3, -0.25) is 14.9 Å². The number of carbonyl (C=O) groups excluding carboxylic acids is 2. The molecule has 0 aliphatic heterocycles. The van der Waals surface area contributed by atoms with Crippen molar-refractivity contribution < 1.29 is 19.2 Å². The highest BCUT2D eigenvalue weighted by Crippen LogP contribution is 2.30. The summed E-state index contributed by atoms with van der Waals surface area (Å²) < 4.78 is 5.01. The first-order valence-corrected chi connectivity index (χ1v) is 8.17. The van der Waals surface area contributed by atoms with E-state index in [4.69, 9.17) is 4.74 Å². The highest BCUT2D eigenvalue weighted by molar-refractivity contribution is 7.14. The summed E-state index contributed by atoms with van der Waals surface area (Å²) in [5, 5.41) is 13.1. The Balaban J connectivity index is 1.51. The van der Waals surface area contributed by atoms with E-state index in [0.717, 1.165) is 19.3 Å². The van der Waals surface area contributed by atoms with Crippen LogP contribution < -0.4 is 5.32 Å². The van der Waals surface area contributed by atoms with Crippen LogP contribution in [0.25, 0.3) is 0 Å². The number of nitro benzene ring substituents is 1. The molecule has 0 radical (unpaired) electrons. The van der Waals surface area contributed by atoms with Crippen LogP contribution in [0, 0.1) is 10.1 Å². The molecule has 124 valence electrons. The third kappa shape index (κ3) is 3.60. The Morgan fingerprint density at radius 1 is 1.25 bits per heavy atom. The number of hydrogen-bond donors (Lipinski definition) is 1. The highest BCUT2D eigenvalue weighted by atomic mass is 32.1.